The predicted octanol–water partition coefficient (Wildman–Crippen LogP) is 4.75. The Morgan fingerprint density at radius 3 is 2.48 bits per heavy atom. The van der Waals surface area contributed by atoms with E-state index in [0.29, 0.717) is 12.0 Å². The molecule has 29 heavy (non-hydrogen) atoms. The highest BCUT2D eigenvalue weighted by atomic mass is 15.2. The van der Waals surface area contributed by atoms with Crippen molar-refractivity contribution in [3.05, 3.63) is 59.9 Å². The molecule has 2 saturated heterocycles. The normalized spacial score (nSPS) is 22.1. The SMILES string of the molecule is CC(C)c1ccc(N[C@H]2CCCN(C3CCN(Cc4ccccn4)CC3)C2)cc1. The molecule has 2 fully saturated rings. The van der Waals surface area contributed by atoms with E-state index in [9.17, 15) is 0 Å². The van der Waals surface area contributed by atoms with Gasteiger partial charge in [-0.25, -0.2) is 0 Å². The number of hydrogen-bond donors (Lipinski definition) is 1. The molecule has 4 rings (SSSR count). The molecule has 1 aromatic heterocycles. The van der Waals surface area contributed by atoms with E-state index in [-0.39, 0.29) is 0 Å². The second-order valence-corrected chi connectivity index (χ2v) is 9.08. The minimum Gasteiger partial charge on any atom is -0.381 e. The minimum atomic E-state index is 0.570. The highest BCUT2D eigenvalue weighted by Gasteiger charge is 2.29. The maximum absolute atomic E-state index is 4.49. The van der Waals surface area contributed by atoms with Crippen molar-refractivity contribution >= 4 is 5.69 Å². The molecule has 0 spiro atoms. The number of nitrogens with one attached hydrogen (secondary N) is 1. The van der Waals surface area contributed by atoms with Gasteiger partial charge in [0.25, 0.3) is 0 Å². The number of anilines is 1. The van der Waals surface area contributed by atoms with Crippen molar-refractivity contribution in [2.45, 2.75) is 64.1 Å². The van der Waals surface area contributed by atoms with Gasteiger partial charge in [0.1, 0.15) is 0 Å². The molecule has 1 aromatic carbocycles. The van der Waals surface area contributed by atoms with Gasteiger partial charge in [-0.1, -0.05) is 32.0 Å². The number of rotatable bonds is 6. The van der Waals surface area contributed by atoms with Gasteiger partial charge < -0.3 is 5.32 Å². The van der Waals surface area contributed by atoms with Crippen LogP contribution in [0.1, 0.15) is 56.7 Å². The molecular formula is C25H36N4. The van der Waals surface area contributed by atoms with Gasteiger partial charge in [0.15, 0.2) is 0 Å². The van der Waals surface area contributed by atoms with Crippen LogP contribution in [0.3, 0.4) is 0 Å². The van der Waals surface area contributed by atoms with Crippen LogP contribution in [0.5, 0.6) is 0 Å². The number of likely N-dealkylation sites (tertiary alicyclic amines) is 2. The van der Waals surface area contributed by atoms with Crippen molar-refractivity contribution in [3.63, 3.8) is 0 Å². The molecule has 4 heteroatoms. The van der Waals surface area contributed by atoms with E-state index in [0.717, 1.165) is 12.6 Å². The van der Waals surface area contributed by atoms with Gasteiger partial charge in [-0.2, -0.15) is 0 Å². The third-order valence-electron chi connectivity index (χ3n) is 6.59. The maximum Gasteiger partial charge on any atom is 0.0543 e. The second-order valence-electron chi connectivity index (χ2n) is 9.08. The fourth-order valence-electron chi connectivity index (χ4n) is 4.82. The molecular weight excluding hydrogens is 356 g/mol. The minimum absolute atomic E-state index is 0.570. The molecule has 2 aliphatic rings. The Balaban J connectivity index is 1.25. The molecule has 0 amide bonds. The zero-order chi connectivity index (χ0) is 20.1. The molecule has 2 aliphatic heterocycles. The van der Waals surface area contributed by atoms with E-state index < -0.39 is 0 Å². The van der Waals surface area contributed by atoms with Gasteiger partial charge in [-0.15, -0.1) is 0 Å². The van der Waals surface area contributed by atoms with E-state index in [1.807, 2.05) is 12.3 Å². The highest BCUT2D eigenvalue weighted by molar-refractivity contribution is 5.46. The van der Waals surface area contributed by atoms with E-state index in [1.165, 1.54) is 68.8 Å². The predicted molar refractivity (Wildman–Crippen MR) is 121 cm³/mol. The van der Waals surface area contributed by atoms with Crippen LogP contribution in [0.2, 0.25) is 0 Å². The van der Waals surface area contributed by atoms with Gasteiger partial charge >= 0.3 is 0 Å². The average molecular weight is 393 g/mol. The number of piperidine rings is 2. The summed E-state index contributed by atoms with van der Waals surface area (Å²) in [6.07, 6.45) is 7.04. The summed E-state index contributed by atoms with van der Waals surface area (Å²) in [5, 5.41) is 3.80. The van der Waals surface area contributed by atoms with Crippen LogP contribution < -0.4 is 5.32 Å². The van der Waals surface area contributed by atoms with Gasteiger partial charge in [0.05, 0.1) is 5.69 Å². The van der Waals surface area contributed by atoms with Gasteiger partial charge in [-0.3, -0.25) is 14.8 Å². The topological polar surface area (TPSA) is 31.4 Å². The number of hydrogen-bond acceptors (Lipinski definition) is 4. The summed E-state index contributed by atoms with van der Waals surface area (Å²) >= 11 is 0. The first kappa shape index (κ1) is 20.4. The lowest BCUT2D eigenvalue weighted by Crippen LogP contribution is -2.51. The lowest BCUT2D eigenvalue weighted by atomic mass is 9.97. The van der Waals surface area contributed by atoms with Crippen LogP contribution in [-0.4, -0.2) is 53.0 Å². The summed E-state index contributed by atoms with van der Waals surface area (Å²) in [6, 6.07) is 16.6. The first-order chi connectivity index (χ1) is 14.2. The van der Waals surface area contributed by atoms with Gasteiger partial charge in [0, 0.05) is 50.1 Å². The zero-order valence-electron chi connectivity index (χ0n) is 18.1. The molecule has 4 nitrogen and oxygen atoms in total. The Hall–Kier alpha value is -1.91. The molecule has 1 atom stereocenters. The zero-order valence-corrected chi connectivity index (χ0v) is 18.1. The fraction of sp³-hybridized carbons (Fsp3) is 0.560. The number of pyridine rings is 1. The van der Waals surface area contributed by atoms with Crippen LogP contribution in [0.25, 0.3) is 0 Å². The molecule has 156 valence electrons. The van der Waals surface area contributed by atoms with Crippen molar-refractivity contribution < 1.29 is 0 Å². The highest BCUT2D eigenvalue weighted by Crippen LogP contribution is 2.24. The van der Waals surface area contributed by atoms with E-state index in [2.05, 4.69) is 70.3 Å². The van der Waals surface area contributed by atoms with Crippen LogP contribution >= 0.6 is 0 Å². The lowest BCUT2D eigenvalue weighted by molar-refractivity contribution is 0.0851. The van der Waals surface area contributed by atoms with Crippen LogP contribution in [-0.2, 0) is 6.54 Å². The van der Waals surface area contributed by atoms with Crippen LogP contribution in [0.4, 0.5) is 5.69 Å². The molecule has 0 unspecified atom stereocenters. The average Bonchev–Trinajstić information content (AvgIpc) is 2.76. The Kier molecular flexibility index (Phi) is 6.83. The summed E-state index contributed by atoms with van der Waals surface area (Å²) in [6.45, 7) is 10.3. The quantitative estimate of drug-likeness (QED) is 0.769. The summed E-state index contributed by atoms with van der Waals surface area (Å²) in [4.78, 5) is 9.80. The molecule has 2 aromatic rings. The molecule has 0 radical (unpaired) electrons. The number of nitrogens with zero attached hydrogens (tertiary/aromatic N) is 3. The lowest BCUT2D eigenvalue weighted by Gasteiger charge is -2.42. The van der Waals surface area contributed by atoms with Crippen molar-refractivity contribution in [2.24, 2.45) is 0 Å². The van der Waals surface area contributed by atoms with Crippen molar-refractivity contribution in [2.75, 3.05) is 31.5 Å². The van der Waals surface area contributed by atoms with Crippen LogP contribution in [0.15, 0.2) is 48.7 Å². The summed E-state index contributed by atoms with van der Waals surface area (Å²) < 4.78 is 0. The van der Waals surface area contributed by atoms with Gasteiger partial charge in [0.2, 0.25) is 0 Å². The van der Waals surface area contributed by atoms with Crippen molar-refractivity contribution in [3.8, 4) is 0 Å². The molecule has 0 saturated carbocycles. The van der Waals surface area contributed by atoms with Crippen molar-refractivity contribution in [1.82, 2.24) is 14.8 Å². The Labute approximate surface area is 176 Å². The number of aromatic nitrogens is 1. The summed E-state index contributed by atoms with van der Waals surface area (Å²) in [5.74, 6) is 0.595. The second kappa shape index (κ2) is 9.73. The molecule has 1 N–H and O–H groups in total. The smallest absolute Gasteiger partial charge is 0.0543 e. The summed E-state index contributed by atoms with van der Waals surface area (Å²) in [7, 11) is 0. The molecule has 3 heterocycles. The number of benzene rings is 1. The first-order valence-corrected chi connectivity index (χ1v) is 11.4. The van der Waals surface area contributed by atoms with Crippen molar-refractivity contribution in [1.29, 1.82) is 0 Å². The largest absolute Gasteiger partial charge is 0.381 e. The Bertz CT molecular complexity index is 735. The van der Waals surface area contributed by atoms with E-state index >= 15 is 0 Å². The third kappa shape index (κ3) is 5.58. The first-order valence-electron chi connectivity index (χ1n) is 11.4. The Morgan fingerprint density at radius 2 is 1.79 bits per heavy atom. The Morgan fingerprint density at radius 1 is 1.00 bits per heavy atom. The molecule has 0 aliphatic carbocycles. The molecule has 0 bridgehead atoms. The maximum atomic E-state index is 4.49. The van der Waals surface area contributed by atoms with Crippen LogP contribution in [0, 0.1) is 0 Å². The summed E-state index contributed by atoms with van der Waals surface area (Å²) in [5.41, 5.74) is 3.88. The van der Waals surface area contributed by atoms with Gasteiger partial charge in [-0.05, 0) is 68.0 Å². The monoisotopic (exact) mass is 392 g/mol. The van der Waals surface area contributed by atoms with E-state index in [1.54, 1.807) is 0 Å². The standard InChI is InChI=1S/C25H36N4/c1-20(2)21-8-10-22(11-9-21)27-24-7-5-15-29(19-24)25-12-16-28(17-13-25)18-23-6-3-4-14-26-23/h3-4,6,8-11,14,20,24-25,27H,5,7,12-13,15-19H2,1-2H3/t24-/m0/s1. The van der Waals surface area contributed by atoms with E-state index in [4.69, 9.17) is 0 Å². The third-order valence-corrected chi connectivity index (χ3v) is 6.59. The fourth-order valence-corrected chi connectivity index (χ4v) is 4.82.